The predicted octanol–water partition coefficient (Wildman–Crippen LogP) is 9.96. The van der Waals surface area contributed by atoms with Crippen molar-refractivity contribution in [2.24, 2.45) is 0 Å². The van der Waals surface area contributed by atoms with E-state index >= 15 is 0 Å². The fraction of sp³-hybridized carbons (Fsp3) is 1.00. The van der Waals surface area contributed by atoms with Gasteiger partial charge in [-0.3, -0.25) is 0 Å². The molecule has 0 aromatic carbocycles. The minimum Gasteiger partial charge on any atom is -0.301 e. The molecule has 0 aliphatic carbocycles. The van der Waals surface area contributed by atoms with Gasteiger partial charge in [0.25, 0.3) is 0 Å². The van der Waals surface area contributed by atoms with Gasteiger partial charge in [-0.15, -0.1) is 12.4 Å². The van der Waals surface area contributed by atoms with Crippen LogP contribution in [-0.2, 0) is 0 Å². The summed E-state index contributed by atoms with van der Waals surface area (Å²) in [5.41, 5.74) is 0. The molecule has 0 aliphatic rings. The van der Waals surface area contributed by atoms with Crippen LogP contribution in [0.4, 0.5) is 0 Å². The summed E-state index contributed by atoms with van der Waals surface area (Å²) >= 11 is 0. The third kappa shape index (κ3) is 24.4. The van der Waals surface area contributed by atoms with Gasteiger partial charge in [0.1, 0.15) is 0 Å². The molecule has 0 heterocycles. The lowest BCUT2D eigenvalue weighted by Gasteiger charge is -2.26. The minimum atomic E-state index is 0. The van der Waals surface area contributed by atoms with E-state index in [0.29, 0.717) is 0 Å². The van der Waals surface area contributed by atoms with Crippen LogP contribution < -0.4 is 0 Å². The summed E-state index contributed by atoms with van der Waals surface area (Å²) in [7, 11) is 0. The number of nitrogens with zero attached hydrogens (tertiary/aromatic N) is 1. The van der Waals surface area contributed by atoms with E-state index in [1.165, 1.54) is 142 Å². The standard InChI is InChI=1S/C27H57N.ClH/c1-5-7-9-11-13-15-17-19-21-23-25-28(27(3)4)26-24-22-20-18-16-14-12-10-8-6-2;/h27H,5-26H2,1-4H3;1H. The summed E-state index contributed by atoms with van der Waals surface area (Å²) in [6.45, 7) is 12.0. The quantitative estimate of drug-likeness (QED) is 0.145. The maximum Gasteiger partial charge on any atom is 0.00385 e. The van der Waals surface area contributed by atoms with Crippen molar-refractivity contribution in [1.82, 2.24) is 4.90 Å². The highest BCUT2D eigenvalue weighted by Crippen LogP contribution is 2.13. The van der Waals surface area contributed by atoms with Crippen LogP contribution in [0.25, 0.3) is 0 Å². The second-order valence-corrected chi connectivity index (χ2v) is 9.49. The fourth-order valence-electron chi connectivity index (χ4n) is 4.23. The Kier molecular flexibility index (Phi) is 28.5. The van der Waals surface area contributed by atoms with Gasteiger partial charge in [-0.1, -0.05) is 129 Å². The van der Waals surface area contributed by atoms with Crippen molar-refractivity contribution in [3.8, 4) is 0 Å². The molecule has 0 atom stereocenters. The van der Waals surface area contributed by atoms with Crippen LogP contribution in [0.1, 0.15) is 156 Å². The summed E-state index contributed by atoms with van der Waals surface area (Å²) in [4.78, 5) is 2.73. The highest BCUT2D eigenvalue weighted by molar-refractivity contribution is 5.85. The Balaban J connectivity index is 0. The molecule has 0 aromatic rings. The third-order valence-electron chi connectivity index (χ3n) is 6.33. The van der Waals surface area contributed by atoms with Crippen LogP contribution in [-0.4, -0.2) is 24.0 Å². The predicted molar refractivity (Wildman–Crippen MR) is 138 cm³/mol. The third-order valence-corrected chi connectivity index (χ3v) is 6.33. The van der Waals surface area contributed by atoms with Crippen molar-refractivity contribution >= 4 is 12.4 Å². The van der Waals surface area contributed by atoms with Crippen molar-refractivity contribution in [3.63, 3.8) is 0 Å². The number of rotatable bonds is 23. The topological polar surface area (TPSA) is 3.24 Å². The Hall–Kier alpha value is 0.250. The van der Waals surface area contributed by atoms with Crippen LogP contribution in [0.2, 0.25) is 0 Å². The molecule has 2 heteroatoms. The molecule has 0 bridgehead atoms. The van der Waals surface area contributed by atoms with E-state index in [2.05, 4.69) is 32.6 Å². The Morgan fingerprint density at radius 3 is 0.897 bits per heavy atom. The van der Waals surface area contributed by atoms with E-state index in [1.807, 2.05) is 0 Å². The largest absolute Gasteiger partial charge is 0.301 e. The van der Waals surface area contributed by atoms with Crippen molar-refractivity contribution in [2.45, 2.75) is 162 Å². The zero-order chi connectivity index (χ0) is 20.7. The van der Waals surface area contributed by atoms with E-state index in [1.54, 1.807) is 0 Å². The van der Waals surface area contributed by atoms with Gasteiger partial charge in [-0.05, 0) is 39.8 Å². The molecule has 0 rings (SSSR count). The maximum atomic E-state index is 2.73. The van der Waals surface area contributed by atoms with E-state index in [-0.39, 0.29) is 12.4 Å². The van der Waals surface area contributed by atoms with Gasteiger partial charge >= 0.3 is 0 Å². The first kappa shape index (κ1) is 31.4. The Bertz CT molecular complexity index is 256. The highest BCUT2D eigenvalue weighted by Gasteiger charge is 2.08. The molecule has 29 heavy (non-hydrogen) atoms. The van der Waals surface area contributed by atoms with Gasteiger partial charge in [0.2, 0.25) is 0 Å². The van der Waals surface area contributed by atoms with E-state index in [9.17, 15) is 0 Å². The van der Waals surface area contributed by atoms with Gasteiger partial charge < -0.3 is 4.90 Å². The van der Waals surface area contributed by atoms with Gasteiger partial charge in [-0.25, -0.2) is 0 Å². The second kappa shape index (κ2) is 26.3. The second-order valence-electron chi connectivity index (χ2n) is 9.49. The molecule has 0 amide bonds. The summed E-state index contributed by atoms with van der Waals surface area (Å²) in [5, 5.41) is 0. The van der Waals surface area contributed by atoms with Crippen molar-refractivity contribution < 1.29 is 0 Å². The van der Waals surface area contributed by atoms with Gasteiger partial charge in [0, 0.05) is 6.04 Å². The lowest BCUT2D eigenvalue weighted by atomic mass is 10.1. The molecule has 1 nitrogen and oxygen atoms in total. The number of hydrogen-bond donors (Lipinski definition) is 0. The molecule has 0 aliphatic heterocycles. The van der Waals surface area contributed by atoms with Crippen LogP contribution in [0.5, 0.6) is 0 Å². The summed E-state index contributed by atoms with van der Waals surface area (Å²) in [6, 6.07) is 0.720. The Morgan fingerprint density at radius 1 is 0.414 bits per heavy atom. The highest BCUT2D eigenvalue weighted by atomic mass is 35.5. The normalized spacial score (nSPS) is 11.4. The van der Waals surface area contributed by atoms with Crippen LogP contribution in [0.15, 0.2) is 0 Å². The van der Waals surface area contributed by atoms with E-state index in [0.717, 1.165) is 6.04 Å². The molecule has 0 spiro atoms. The fourth-order valence-corrected chi connectivity index (χ4v) is 4.23. The van der Waals surface area contributed by atoms with Gasteiger partial charge in [0.05, 0.1) is 0 Å². The monoisotopic (exact) mass is 431 g/mol. The first-order chi connectivity index (χ1) is 13.7. The Labute approximate surface area is 192 Å². The average Bonchev–Trinajstić information content (AvgIpc) is 2.68. The van der Waals surface area contributed by atoms with Gasteiger partial charge in [-0.2, -0.15) is 0 Å². The summed E-state index contributed by atoms with van der Waals surface area (Å²) in [6.07, 6.45) is 28.9. The Morgan fingerprint density at radius 2 is 0.655 bits per heavy atom. The van der Waals surface area contributed by atoms with Crippen molar-refractivity contribution in [3.05, 3.63) is 0 Å². The first-order valence-corrected chi connectivity index (χ1v) is 13.5. The van der Waals surface area contributed by atoms with E-state index < -0.39 is 0 Å². The SMILES string of the molecule is CCCCCCCCCCCCN(CCCCCCCCCCCC)C(C)C.Cl. The van der Waals surface area contributed by atoms with Crippen LogP contribution in [0, 0.1) is 0 Å². The molecule has 0 radical (unpaired) electrons. The molecule has 178 valence electrons. The van der Waals surface area contributed by atoms with E-state index in [4.69, 9.17) is 0 Å². The first-order valence-electron chi connectivity index (χ1n) is 13.5. The number of unbranched alkanes of at least 4 members (excludes halogenated alkanes) is 18. The summed E-state index contributed by atoms with van der Waals surface area (Å²) < 4.78 is 0. The van der Waals surface area contributed by atoms with Crippen LogP contribution >= 0.6 is 12.4 Å². The molecule has 0 N–H and O–H groups in total. The van der Waals surface area contributed by atoms with Gasteiger partial charge in [0.15, 0.2) is 0 Å². The molecule has 0 saturated heterocycles. The molecule has 0 aromatic heterocycles. The maximum absolute atomic E-state index is 2.73. The molecule has 0 fully saturated rings. The molecule has 0 saturated carbocycles. The summed E-state index contributed by atoms with van der Waals surface area (Å²) in [5.74, 6) is 0. The zero-order valence-electron chi connectivity index (χ0n) is 21.0. The van der Waals surface area contributed by atoms with Crippen molar-refractivity contribution in [2.75, 3.05) is 13.1 Å². The molecule has 0 unspecified atom stereocenters. The zero-order valence-corrected chi connectivity index (χ0v) is 21.8. The minimum absolute atomic E-state index is 0. The lowest BCUT2D eigenvalue weighted by Crippen LogP contribution is -2.32. The number of hydrogen-bond acceptors (Lipinski definition) is 1. The average molecular weight is 432 g/mol. The lowest BCUT2D eigenvalue weighted by molar-refractivity contribution is 0.211. The molecular formula is C27H58ClN. The van der Waals surface area contributed by atoms with Crippen molar-refractivity contribution in [1.29, 1.82) is 0 Å². The smallest absolute Gasteiger partial charge is 0.00385 e. The number of halogens is 1. The van der Waals surface area contributed by atoms with Crippen LogP contribution in [0.3, 0.4) is 0 Å². The molecular weight excluding hydrogens is 374 g/mol.